The van der Waals surface area contributed by atoms with Gasteiger partial charge in [-0.25, -0.2) is 4.39 Å². The van der Waals surface area contributed by atoms with Gasteiger partial charge >= 0.3 is 5.97 Å². The molecule has 126 valence electrons. The number of ether oxygens (including phenoxy) is 1. The number of amides is 1. The van der Waals surface area contributed by atoms with E-state index in [0.29, 0.717) is 13.0 Å². The number of carbonyl (C=O) groups is 2. The minimum Gasteiger partial charge on any atom is -0.490 e. The highest BCUT2D eigenvalue weighted by atomic mass is 19.1. The van der Waals surface area contributed by atoms with Crippen LogP contribution in [0.2, 0.25) is 0 Å². The number of hydrogen-bond acceptors (Lipinski definition) is 3. The Hall–Kier alpha value is -2.11. The molecule has 0 bridgehead atoms. The van der Waals surface area contributed by atoms with Gasteiger partial charge in [-0.1, -0.05) is 12.1 Å². The number of hydrogen-bond donors (Lipinski definition) is 1. The van der Waals surface area contributed by atoms with Crippen molar-refractivity contribution < 1.29 is 23.8 Å². The summed E-state index contributed by atoms with van der Waals surface area (Å²) in [5.41, 5.74) is 0. The van der Waals surface area contributed by atoms with Crippen molar-refractivity contribution in [3.8, 4) is 5.75 Å². The third-order valence-corrected chi connectivity index (χ3v) is 4.05. The number of piperidine rings is 1. The first-order chi connectivity index (χ1) is 11.1. The van der Waals surface area contributed by atoms with Crippen LogP contribution in [0.1, 0.15) is 38.5 Å². The molecule has 1 aliphatic heterocycles. The molecule has 0 unspecified atom stereocenters. The van der Waals surface area contributed by atoms with Crippen LogP contribution in [-0.2, 0) is 9.59 Å². The summed E-state index contributed by atoms with van der Waals surface area (Å²) >= 11 is 0. The fraction of sp³-hybridized carbons (Fsp3) is 0.529. The van der Waals surface area contributed by atoms with E-state index < -0.39 is 11.8 Å². The molecule has 23 heavy (non-hydrogen) atoms. The molecule has 5 nitrogen and oxygen atoms in total. The molecule has 1 fully saturated rings. The number of benzene rings is 1. The summed E-state index contributed by atoms with van der Waals surface area (Å²) in [6.07, 6.45) is 3.50. The zero-order valence-electron chi connectivity index (χ0n) is 13.0. The van der Waals surface area contributed by atoms with E-state index in [9.17, 15) is 14.0 Å². The van der Waals surface area contributed by atoms with E-state index in [1.54, 1.807) is 17.0 Å². The molecular formula is C17H22FNO4. The quantitative estimate of drug-likeness (QED) is 0.838. The molecular weight excluding hydrogens is 301 g/mol. The van der Waals surface area contributed by atoms with Gasteiger partial charge in [0.25, 0.3) is 0 Å². The van der Waals surface area contributed by atoms with Gasteiger partial charge in [0.05, 0.1) is 13.0 Å². The first-order valence-corrected chi connectivity index (χ1v) is 7.96. The van der Waals surface area contributed by atoms with Gasteiger partial charge < -0.3 is 14.7 Å². The molecule has 0 aliphatic carbocycles. The third kappa shape index (κ3) is 5.23. The highest BCUT2D eigenvalue weighted by Crippen LogP contribution is 2.22. The van der Waals surface area contributed by atoms with Gasteiger partial charge in [0, 0.05) is 19.0 Å². The van der Waals surface area contributed by atoms with E-state index in [4.69, 9.17) is 9.84 Å². The molecule has 1 aromatic rings. The molecule has 0 spiro atoms. The Kier molecular flexibility index (Phi) is 6.38. The minimum atomic E-state index is -0.842. The van der Waals surface area contributed by atoms with Crippen molar-refractivity contribution in [1.29, 1.82) is 0 Å². The van der Waals surface area contributed by atoms with E-state index in [1.165, 1.54) is 12.1 Å². The average molecular weight is 323 g/mol. The van der Waals surface area contributed by atoms with Gasteiger partial charge in [0.1, 0.15) is 0 Å². The van der Waals surface area contributed by atoms with Crippen LogP contribution in [0.3, 0.4) is 0 Å². The van der Waals surface area contributed by atoms with Crippen molar-refractivity contribution in [3.63, 3.8) is 0 Å². The van der Waals surface area contributed by atoms with Crippen molar-refractivity contribution in [1.82, 2.24) is 4.90 Å². The van der Waals surface area contributed by atoms with Crippen LogP contribution in [0.15, 0.2) is 24.3 Å². The van der Waals surface area contributed by atoms with Crippen LogP contribution in [0.5, 0.6) is 5.75 Å². The number of rotatable bonds is 7. The molecule has 0 saturated carbocycles. The molecule has 1 atom stereocenters. The highest BCUT2D eigenvalue weighted by Gasteiger charge is 2.26. The summed E-state index contributed by atoms with van der Waals surface area (Å²) in [7, 11) is 0. The largest absolute Gasteiger partial charge is 0.490 e. The lowest BCUT2D eigenvalue weighted by Crippen LogP contribution is -2.44. The lowest BCUT2D eigenvalue weighted by atomic mass is 9.97. The Balaban J connectivity index is 1.83. The number of halogens is 1. The van der Waals surface area contributed by atoms with Crippen LogP contribution in [0.4, 0.5) is 4.39 Å². The van der Waals surface area contributed by atoms with Gasteiger partial charge in [0.15, 0.2) is 11.6 Å². The smallest absolute Gasteiger partial charge is 0.303 e. The molecule has 2 rings (SSSR count). The molecule has 6 heteroatoms. The van der Waals surface area contributed by atoms with Crippen molar-refractivity contribution in [2.45, 2.75) is 44.6 Å². The summed E-state index contributed by atoms with van der Waals surface area (Å²) in [6.45, 7) is 0.769. The minimum absolute atomic E-state index is 0.0131. The van der Waals surface area contributed by atoms with Gasteiger partial charge in [0.2, 0.25) is 5.91 Å². The second kappa shape index (κ2) is 8.50. The second-order valence-electron chi connectivity index (χ2n) is 5.70. The standard InChI is InChI=1S/C17H22FNO4/c18-14-6-1-2-7-15(14)23-12-10-16(20)19-11-4-3-5-13(19)8-9-17(21)22/h1-2,6-7,13H,3-5,8-12H2,(H,21,22)/t13-/m1/s1. The zero-order valence-corrected chi connectivity index (χ0v) is 13.0. The Morgan fingerprint density at radius 2 is 2.04 bits per heavy atom. The fourth-order valence-corrected chi connectivity index (χ4v) is 2.87. The van der Waals surface area contributed by atoms with Crippen molar-refractivity contribution in [2.24, 2.45) is 0 Å². The number of likely N-dealkylation sites (tertiary alicyclic amines) is 1. The molecule has 1 saturated heterocycles. The normalized spacial score (nSPS) is 17.8. The van der Waals surface area contributed by atoms with Crippen molar-refractivity contribution in [3.05, 3.63) is 30.1 Å². The molecule has 1 amide bonds. The summed E-state index contributed by atoms with van der Waals surface area (Å²) in [5.74, 6) is -1.21. The summed E-state index contributed by atoms with van der Waals surface area (Å²) in [6, 6.07) is 6.07. The maximum Gasteiger partial charge on any atom is 0.303 e. The van der Waals surface area contributed by atoms with Crippen molar-refractivity contribution in [2.75, 3.05) is 13.2 Å². The number of nitrogens with zero attached hydrogens (tertiary/aromatic N) is 1. The number of carboxylic acid groups (broad SMARTS) is 1. The Morgan fingerprint density at radius 1 is 1.26 bits per heavy atom. The molecule has 1 aliphatic rings. The highest BCUT2D eigenvalue weighted by molar-refractivity contribution is 5.77. The van der Waals surface area contributed by atoms with Gasteiger partial charge in [-0.3, -0.25) is 9.59 Å². The molecule has 0 aromatic heterocycles. The second-order valence-corrected chi connectivity index (χ2v) is 5.70. The number of aliphatic carboxylic acids is 1. The fourth-order valence-electron chi connectivity index (χ4n) is 2.87. The van der Waals surface area contributed by atoms with Crippen LogP contribution >= 0.6 is 0 Å². The predicted octanol–water partition coefficient (Wildman–Crippen LogP) is 2.84. The summed E-state index contributed by atoms with van der Waals surface area (Å²) < 4.78 is 18.7. The van der Waals surface area contributed by atoms with E-state index in [2.05, 4.69) is 0 Å². The number of carboxylic acids is 1. The maximum absolute atomic E-state index is 13.4. The Bertz CT molecular complexity index is 549. The van der Waals surface area contributed by atoms with Gasteiger partial charge in [-0.2, -0.15) is 0 Å². The lowest BCUT2D eigenvalue weighted by molar-refractivity contribution is -0.140. The maximum atomic E-state index is 13.4. The van der Waals surface area contributed by atoms with Crippen LogP contribution < -0.4 is 4.74 Å². The lowest BCUT2D eigenvalue weighted by Gasteiger charge is -2.35. The molecule has 1 heterocycles. The number of para-hydroxylation sites is 1. The Morgan fingerprint density at radius 3 is 2.78 bits per heavy atom. The van der Waals surface area contributed by atoms with Crippen LogP contribution in [0, 0.1) is 5.82 Å². The first kappa shape index (κ1) is 17.2. The number of carbonyl (C=O) groups excluding carboxylic acids is 1. The van der Waals surface area contributed by atoms with Gasteiger partial charge in [-0.15, -0.1) is 0 Å². The molecule has 1 N–H and O–H groups in total. The van der Waals surface area contributed by atoms with E-state index in [-0.39, 0.29) is 37.1 Å². The van der Waals surface area contributed by atoms with Crippen molar-refractivity contribution >= 4 is 11.9 Å². The summed E-state index contributed by atoms with van der Waals surface area (Å²) in [4.78, 5) is 24.8. The Labute approximate surface area is 135 Å². The molecule has 1 aromatic carbocycles. The zero-order chi connectivity index (χ0) is 16.7. The van der Waals surface area contributed by atoms with Gasteiger partial charge in [-0.05, 0) is 37.8 Å². The molecule has 0 radical (unpaired) electrons. The third-order valence-electron chi connectivity index (χ3n) is 4.05. The SMILES string of the molecule is O=C(O)CC[C@H]1CCCCN1C(=O)CCOc1ccccc1F. The van der Waals surface area contributed by atoms with Crippen LogP contribution in [-0.4, -0.2) is 41.1 Å². The first-order valence-electron chi connectivity index (χ1n) is 7.96. The van der Waals surface area contributed by atoms with E-state index in [1.807, 2.05) is 0 Å². The van der Waals surface area contributed by atoms with E-state index in [0.717, 1.165) is 19.3 Å². The summed E-state index contributed by atoms with van der Waals surface area (Å²) in [5, 5.41) is 8.80. The monoisotopic (exact) mass is 323 g/mol. The average Bonchev–Trinajstić information content (AvgIpc) is 2.55. The van der Waals surface area contributed by atoms with Crippen LogP contribution in [0.25, 0.3) is 0 Å². The van der Waals surface area contributed by atoms with E-state index >= 15 is 0 Å². The predicted molar refractivity (Wildman–Crippen MR) is 82.7 cm³/mol. The topological polar surface area (TPSA) is 66.8 Å².